The molecule has 1 aliphatic rings. The molecule has 29 heavy (non-hydrogen) atoms. The standard InChI is InChI=1S/C23H25FN4O/c1-14-6-16(8-19(24)7-14)9-20(11-25)28-13-18-10-17(4-5-21(18)23(28)29)22-15(2)12-26-27(22)3/h4-8,10,12,20H,9,11,13,25H2,1-3H3. The Morgan fingerprint density at radius 2 is 2.00 bits per heavy atom. The highest BCUT2D eigenvalue weighted by Crippen LogP contribution is 2.31. The van der Waals surface area contributed by atoms with Gasteiger partial charge in [-0.05, 0) is 66.8 Å². The largest absolute Gasteiger partial charge is 0.330 e. The summed E-state index contributed by atoms with van der Waals surface area (Å²) in [6.45, 7) is 4.72. The fourth-order valence-electron chi connectivity index (χ4n) is 4.27. The minimum Gasteiger partial charge on any atom is -0.330 e. The summed E-state index contributed by atoms with van der Waals surface area (Å²) in [4.78, 5) is 14.8. The number of fused-ring (bicyclic) bond motifs is 1. The van der Waals surface area contributed by atoms with Crippen LogP contribution in [0, 0.1) is 19.7 Å². The van der Waals surface area contributed by atoms with Gasteiger partial charge in [-0.3, -0.25) is 9.48 Å². The fourth-order valence-corrected chi connectivity index (χ4v) is 4.27. The second-order valence-corrected chi connectivity index (χ2v) is 7.84. The molecule has 4 rings (SSSR count). The number of hydrogen-bond donors (Lipinski definition) is 1. The Bertz CT molecular complexity index is 1050. The maximum atomic E-state index is 13.8. The van der Waals surface area contributed by atoms with Gasteiger partial charge >= 0.3 is 0 Å². The number of benzene rings is 2. The van der Waals surface area contributed by atoms with Crippen molar-refractivity contribution in [1.29, 1.82) is 0 Å². The molecule has 0 saturated carbocycles. The molecule has 0 saturated heterocycles. The van der Waals surface area contributed by atoms with Crippen LogP contribution in [0.2, 0.25) is 0 Å². The Balaban J connectivity index is 1.61. The van der Waals surface area contributed by atoms with Crippen molar-refractivity contribution in [1.82, 2.24) is 14.7 Å². The summed E-state index contributed by atoms with van der Waals surface area (Å²) >= 11 is 0. The first kappa shape index (κ1) is 19.3. The van der Waals surface area contributed by atoms with Crippen molar-refractivity contribution in [2.45, 2.75) is 32.9 Å². The average Bonchev–Trinajstić information content (AvgIpc) is 3.17. The molecular formula is C23H25FN4O. The van der Waals surface area contributed by atoms with Gasteiger partial charge in [-0.25, -0.2) is 4.39 Å². The molecule has 2 N–H and O–H groups in total. The first-order valence-corrected chi connectivity index (χ1v) is 9.76. The monoisotopic (exact) mass is 392 g/mol. The molecule has 6 heteroatoms. The van der Waals surface area contributed by atoms with Crippen molar-refractivity contribution >= 4 is 5.91 Å². The third kappa shape index (κ3) is 3.56. The van der Waals surface area contributed by atoms with E-state index in [-0.39, 0.29) is 17.8 Å². The zero-order valence-electron chi connectivity index (χ0n) is 16.9. The Hall–Kier alpha value is -2.99. The van der Waals surface area contributed by atoms with E-state index in [0.717, 1.165) is 33.5 Å². The summed E-state index contributed by atoms with van der Waals surface area (Å²) in [7, 11) is 1.92. The number of nitrogens with two attached hydrogens (primary N) is 1. The normalized spacial score (nSPS) is 14.4. The lowest BCUT2D eigenvalue weighted by Crippen LogP contribution is -2.42. The predicted molar refractivity (Wildman–Crippen MR) is 111 cm³/mol. The van der Waals surface area contributed by atoms with Gasteiger partial charge in [0.1, 0.15) is 5.82 Å². The van der Waals surface area contributed by atoms with E-state index in [1.54, 1.807) is 0 Å². The van der Waals surface area contributed by atoms with E-state index in [1.807, 2.05) is 54.9 Å². The molecule has 0 fully saturated rings. The molecule has 1 amide bonds. The van der Waals surface area contributed by atoms with Gasteiger partial charge in [-0.15, -0.1) is 0 Å². The van der Waals surface area contributed by atoms with Gasteiger partial charge in [0.2, 0.25) is 0 Å². The maximum Gasteiger partial charge on any atom is 0.254 e. The topological polar surface area (TPSA) is 64.2 Å². The molecule has 1 atom stereocenters. The van der Waals surface area contributed by atoms with E-state index in [4.69, 9.17) is 5.73 Å². The summed E-state index contributed by atoms with van der Waals surface area (Å²) in [5, 5.41) is 4.31. The second-order valence-electron chi connectivity index (χ2n) is 7.84. The van der Waals surface area contributed by atoms with Gasteiger partial charge in [0.15, 0.2) is 0 Å². The van der Waals surface area contributed by atoms with Crippen LogP contribution >= 0.6 is 0 Å². The third-order valence-electron chi connectivity index (χ3n) is 5.62. The summed E-state index contributed by atoms with van der Waals surface area (Å²) in [5.74, 6) is -0.278. The molecular weight excluding hydrogens is 367 g/mol. The molecule has 150 valence electrons. The Morgan fingerprint density at radius 1 is 1.21 bits per heavy atom. The van der Waals surface area contributed by atoms with Crippen molar-refractivity contribution < 1.29 is 9.18 Å². The van der Waals surface area contributed by atoms with Crippen molar-refractivity contribution in [3.05, 3.63) is 76.2 Å². The van der Waals surface area contributed by atoms with Gasteiger partial charge in [-0.1, -0.05) is 12.1 Å². The number of carbonyl (C=O) groups excluding carboxylic acids is 1. The van der Waals surface area contributed by atoms with E-state index in [2.05, 4.69) is 11.2 Å². The smallest absolute Gasteiger partial charge is 0.254 e. The summed E-state index contributed by atoms with van der Waals surface area (Å²) in [6, 6.07) is 10.7. The minimum atomic E-state index is -0.261. The van der Waals surface area contributed by atoms with E-state index < -0.39 is 0 Å². The van der Waals surface area contributed by atoms with Gasteiger partial charge in [0.25, 0.3) is 5.91 Å². The van der Waals surface area contributed by atoms with Gasteiger partial charge in [-0.2, -0.15) is 5.10 Å². The maximum absolute atomic E-state index is 13.8. The highest BCUT2D eigenvalue weighted by atomic mass is 19.1. The number of aryl methyl sites for hydroxylation is 3. The van der Waals surface area contributed by atoms with Gasteiger partial charge in [0, 0.05) is 37.3 Å². The SMILES string of the molecule is Cc1cc(F)cc(CC(CN)N2Cc3cc(-c4c(C)cnn4C)ccc3C2=O)c1. The number of aromatic nitrogens is 2. The Morgan fingerprint density at radius 3 is 2.66 bits per heavy atom. The molecule has 1 aromatic heterocycles. The van der Waals surface area contributed by atoms with Crippen molar-refractivity contribution in [3.8, 4) is 11.3 Å². The number of amides is 1. The number of hydrogen-bond acceptors (Lipinski definition) is 3. The van der Waals surface area contributed by atoms with E-state index >= 15 is 0 Å². The van der Waals surface area contributed by atoms with Gasteiger partial charge in [0.05, 0.1) is 11.9 Å². The van der Waals surface area contributed by atoms with Crippen molar-refractivity contribution in [2.24, 2.45) is 12.8 Å². The second kappa shape index (κ2) is 7.44. The van der Waals surface area contributed by atoms with Crippen LogP contribution in [0.25, 0.3) is 11.3 Å². The number of rotatable bonds is 5. The molecule has 2 heterocycles. The predicted octanol–water partition coefficient (Wildman–Crippen LogP) is 3.37. The summed E-state index contributed by atoms with van der Waals surface area (Å²) in [6.07, 6.45) is 2.37. The molecule has 2 aromatic carbocycles. The van der Waals surface area contributed by atoms with Crippen LogP contribution in [0.3, 0.4) is 0 Å². The van der Waals surface area contributed by atoms with Crippen LogP contribution < -0.4 is 5.73 Å². The van der Waals surface area contributed by atoms with Crippen LogP contribution in [0.15, 0.2) is 42.6 Å². The van der Waals surface area contributed by atoms with Crippen molar-refractivity contribution in [2.75, 3.05) is 6.54 Å². The van der Waals surface area contributed by atoms with E-state index in [0.29, 0.717) is 25.1 Å². The number of nitrogens with zero attached hydrogens (tertiary/aromatic N) is 3. The van der Waals surface area contributed by atoms with Crippen LogP contribution in [0.5, 0.6) is 0 Å². The molecule has 1 unspecified atom stereocenters. The first-order chi connectivity index (χ1) is 13.9. The average molecular weight is 392 g/mol. The lowest BCUT2D eigenvalue weighted by atomic mass is 10.0. The molecule has 1 aliphatic heterocycles. The number of carbonyl (C=O) groups is 1. The fraction of sp³-hybridized carbons (Fsp3) is 0.304. The van der Waals surface area contributed by atoms with Gasteiger partial charge < -0.3 is 10.6 Å². The quantitative estimate of drug-likeness (QED) is 0.724. The first-order valence-electron chi connectivity index (χ1n) is 9.76. The highest BCUT2D eigenvalue weighted by molar-refractivity contribution is 5.99. The summed E-state index contributed by atoms with van der Waals surface area (Å²) < 4.78 is 15.6. The van der Waals surface area contributed by atoms with Crippen LogP contribution in [-0.2, 0) is 20.0 Å². The Labute approximate surface area is 169 Å². The van der Waals surface area contributed by atoms with E-state index in [9.17, 15) is 9.18 Å². The zero-order valence-corrected chi connectivity index (χ0v) is 16.9. The molecule has 0 spiro atoms. The highest BCUT2D eigenvalue weighted by Gasteiger charge is 2.32. The molecule has 0 aliphatic carbocycles. The molecule has 0 radical (unpaired) electrons. The number of halogens is 1. The molecule has 5 nitrogen and oxygen atoms in total. The summed E-state index contributed by atoms with van der Waals surface area (Å²) in [5.41, 5.74) is 12.6. The minimum absolute atomic E-state index is 0.0168. The molecule has 3 aromatic rings. The zero-order chi connectivity index (χ0) is 20.7. The van der Waals surface area contributed by atoms with Crippen LogP contribution in [0.1, 0.15) is 32.6 Å². The molecule has 0 bridgehead atoms. The van der Waals surface area contributed by atoms with Crippen LogP contribution in [0.4, 0.5) is 4.39 Å². The lowest BCUT2D eigenvalue weighted by molar-refractivity contribution is 0.0708. The van der Waals surface area contributed by atoms with Crippen LogP contribution in [-0.4, -0.2) is 33.2 Å². The van der Waals surface area contributed by atoms with E-state index in [1.165, 1.54) is 12.1 Å². The van der Waals surface area contributed by atoms with Crippen molar-refractivity contribution in [3.63, 3.8) is 0 Å². The third-order valence-corrected chi connectivity index (χ3v) is 5.62. The Kier molecular flexibility index (Phi) is 4.96. The lowest BCUT2D eigenvalue weighted by Gasteiger charge is -2.27.